The fourth-order valence-corrected chi connectivity index (χ4v) is 1.75. The van der Waals surface area contributed by atoms with Gasteiger partial charge in [-0.2, -0.15) is 0 Å². The number of nitrogens with one attached hydrogen (secondary N) is 2. The lowest BCUT2D eigenvalue weighted by Gasteiger charge is -2.23. The molecule has 2 N–H and O–H groups in total. The molecular formula is C12H14F2N2O2. The number of ether oxygens (including phenoxy) is 1. The molecule has 1 unspecified atom stereocenters. The summed E-state index contributed by atoms with van der Waals surface area (Å²) in [4.78, 5) is 11.6. The van der Waals surface area contributed by atoms with Crippen molar-refractivity contribution in [1.82, 2.24) is 5.32 Å². The predicted octanol–water partition coefficient (Wildman–Crippen LogP) is 1.28. The second kappa shape index (κ2) is 5.88. The van der Waals surface area contributed by atoms with Crippen LogP contribution >= 0.6 is 0 Å². The van der Waals surface area contributed by atoms with Gasteiger partial charge in [0.15, 0.2) is 0 Å². The standard InChI is InChI=1S/C12H14F2N2O2/c13-8-1-2-10(14)11(5-8)16-12(17)6-9-7-15-3-4-18-9/h1-2,5,9,15H,3-4,6-7H2,(H,16,17). The third kappa shape index (κ3) is 3.48. The smallest absolute Gasteiger partial charge is 0.227 e. The second-order valence-corrected chi connectivity index (χ2v) is 4.07. The Morgan fingerprint density at radius 1 is 1.50 bits per heavy atom. The van der Waals surface area contributed by atoms with Crippen molar-refractivity contribution in [1.29, 1.82) is 0 Å². The maximum atomic E-state index is 13.3. The number of carbonyl (C=O) groups excluding carboxylic acids is 1. The first-order valence-corrected chi connectivity index (χ1v) is 5.72. The van der Waals surface area contributed by atoms with Gasteiger partial charge in [0.2, 0.25) is 5.91 Å². The van der Waals surface area contributed by atoms with Crippen molar-refractivity contribution in [3.63, 3.8) is 0 Å². The lowest BCUT2D eigenvalue weighted by atomic mass is 10.2. The van der Waals surface area contributed by atoms with Gasteiger partial charge in [-0.05, 0) is 12.1 Å². The van der Waals surface area contributed by atoms with Crippen LogP contribution in [0.15, 0.2) is 18.2 Å². The van der Waals surface area contributed by atoms with Crippen molar-refractivity contribution in [2.75, 3.05) is 25.0 Å². The molecule has 1 aromatic rings. The van der Waals surface area contributed by atoms with Crippen LogP contribution in [0.5, 0.6) is 0 Å². The molecule has 1 aliphatic heterocycles. The quantitative estimate of drug-likeness (QED) is 0.856. The van der Waals surface area contributed by atoms with E-state index in [1.165, 1.54) is 0 Å². The first-order chi connectivity index (χ1) is 8.65. The molecule has 1 aliphatic rings. The summed E-state index contributed by atoms with van der Waals surface area (Å²) in [6, 6.07) is 2.93. The molecule has 6 heteroatoms. The summed E-state index contributed by atoms with van der Waals surface area (Å²) in [6.45, 7) is 1.89. The summed E-state index contributed by atoms with van der Waals surface area (Å²) in [5.74, 6) is -1.65. The van der Waals surface area contributed by atoms with Gasteiger partial charge in [-0.3, -0.25) is 4.79 Å². The van der Waals surface area contributed by atoms with Crippen LogP contribution in [0.2, 0.25) is 0 Å². The maximum Gasteiger partial charge on any atom is 0.227 e. The van der Waals surface area contributed by atoms with Gasteiger partial charge in [0.1, 0.15) is 11.6 Å². The highest BCUT2D eigenvalue weighted by molar-refractivity contribution is 5.91. The number of halogens is 2. The van der Waals surface area contributed by atoms with Crippen molar-refractivity contribution in [2.24, 2.45) is 0 Å². The van der Waals surface area contributed by atoms with Gasteiger partial charge in [-0.15, -0.1) is 0 Å². The Kier molecular flexibility index (Phi) is 4.22. The molecule has 18 heavy (non-hydrogen) atoms. The molecule has 98 valence electrons. The minimum Gasteiger partial charge on any atom is -0.375 e. The van der Waals surface area contributed by atoms with Gasteiger partial charge in [-0.1, -0.05) is 0 Å². The van der Waals surface area contributed by atoms with Crippen molar-refractivity contribution >= 4 is 11.6 Å². The van der Waals surface area contributed by atoms with Gasteiger partial charge < -0.3 is 15.4 Å². The van der Waals surface area contributed by atoms with E-state index >= 15 is 0 Å². The molecule has 0 aromatic heterocycles. The Labute approximate surface area is 103 Å². The molecule has 1 heterocycles. The molecule has 1 atom stereocenters. The molecule has 4 nitrogen and oxygen atoms in total. The van der Waals surface area contributed by atoms with E-state index in [0.717, 1.165) is 24.7 Å². The number of morpholine rings is 1. The molecule has 0 saturated carbocycles. The normalized spacial score (nSPS) is 19.6. The van der Waals surface area contributed by atoms with E-state index in [2.05, 4.69) is 10.6 Å². The highest BCUT2D eigenvalue weighted by Gasteiger charge is 2.18. The van der Waals surface area contributed by atoms with Gasteiger partial charge in [0.25, 0.3) is 0 Å². The zero-order chi connectivity index (χ0) is 13.0. The fraction of sp³-hybridized carbons (Fsp3) is 0.417. The van der Waals surface area contributed by atoms with Gasteiger partial charge in [0.05, 0.1) is 24.8 Å². The van der Waals surface area contributed by atoms with E-state index in [1.54, 1.807) is 0 Å². The highest BCUT2D eigenvalue weighted by atomic mass is 19.1. The summed E-state index contributed by atoms with van der Waals surface area (Å²) >= 11 is 0. The average Bonchev–Trinajstić information content (AvgIpc) is 2.35. The van der Waals surface area contributed by atoms with E-state index in [4.69, 9.17) is 4.74 Å². The minimum atomic E-state index is -0.660. The largest absolute Gasteiger partial charge is 0.375 e. The van der Waals surface area contributed by atoms with Crippen molar-refractivity contribution in [2.45, 2.75) is 12.5 Å². The van der Waals surface area contributed by atoms with Crippen LogP contribution in [0.25, 0.3) is 0 Å². The SMILES string of the molecule is O=C(CC1CNCCO1)Nc1cc(F)ccc1F. The lowest BCUT2D eigenvalue weighted by Crippen LogP contribution is -2.40. The van der Waals surface area contributed by atoms with Crippen LogP contribution < -0.4 is 10.6 Å². The molecule has 0 spiro atoms. The Bertz CT molecular complexity index is 434. The minimum absolute atomic E-state index is 0.114. The van der Waals surface area contributed by atoms with Crippen LogP contribution in [-0.4, -0.2) is 31.7 Å². The molecular weight excluding hydrogens is 242 g/mol. The second-order valence-electron chi connectivity index (χ2n) is 4.07. The van der Waals surface area contributed by atoms with Gasteiger partial charge in [0, 0.05) is 19.2 Å². The zero-order valence-electron chi connectivity index (χ0n) is 9.71. The van der Waals surface area contributed by atoms with E-state index in [-0.39, 0.29) is 18.2 Å². The number of rotatable bonds is 3. The summed E-state index contributed by atoms with van der Waals surface area (Å²) in [5.41, 5.74) is -0.149. The molecule has 0 radical (unpaired) electrons. The Hall–Kier alpha value is -1.53. The van der Waals surface area contributed by atoms with Crippen LogP contribution in [0.3, 0.4) is 0 Å². The highest BCUT2D eigenvalue weighted by Crippen LogP contribution is 2.16. The Morgan fingerprint density at radius 3 is 3.06 bits per heavy atom. The molecule has 1 saturated heterocycles. The number of carbonyl (C=O) groups is 1. The summed E-state index contributed by atoms with van der Waals surface area (Å²) < 4.78 is 31.5. The van der Waals surface area contributed by atoms with Gasteiger partial charge >= 0.3 is 0 Å². The number of hydrogen-bond donors (Lipinski definition) is 2. The fourth-order valence-electron chi connectivity index (χ4n) is 1.75. The number of hydrogen-bond acceptors (Lipinski definition) is 3. The topological polar surface area (TPSA) is 50.4 Å². The third-order valence-electron chi connectivity index (χ3n) is 2.62. The number of benzene rings is 1. The van der Waals surface area contributed by atoms with E-state index in [0.29, 0.717) is 13.2 Å². The third-order valence-corrected chi connectivity index (χ3v) is 2.62. The van der Waals surface area contributed by atoms with Crippen molar-refractivity contribution in [3.8, 4) is 0 Å². The first kappa shape index (κ1) is 12.9. The lowest BCUT2D eigenvalue weighted by molar-refractivity contribution is -0.119. The monoisotopic (exact) mass is 256 g/mol. The Balaban J connectivity index is 1.92. The summed E-state index contributed by atoms with van der Waals surface area (Å²) in [5, 5.41) is 5.42. The number of amides is 1. The summed E-state index contributed by atoms with van der Waals surface area (Å²) in [6.07, 6.45) is -0.112. The van der Waals surface area contributed by atoms with Crippen LogP contribution in [0.4, 0.5) is 14.5 Å². The van der Waals surface area contributed by atoms with Crippen molar-refractivity contribution < 1.29 is 18.3 Å². The van der Waals surface area contributed by atoms with E-state index < -0.39 is 17.5 Å². The molecule has 2 rings (SSSR count). The maximum absolute atomic E-state index is 13.3. The van der Waals surface area contributed by atoms with Crippen LogP contribution in [0, 0.1) is 11.6 Å². The molecule has 1 amide bonds. The molecule has 1 aromatic carbocycles. The molecule has 1 fully saturated rings. The first-order valence-electron chi connectivity index (χ1n) is 5.72. The van der Waals surface area contributed by atoms with Crippen molar-refractivity contribution in [3.05, 3.63) is 29.8 Å². The average molecular weight is 256 g/mol. The van der Waals surface area contributed by atoms with E-state index in [9.17, 15) is 13.6 Å². The number of anilines is 1. The summed E-state index contributed by atoms with van der Waals surface area (Å²) in [7, 11) is 0. The molecule has 0 aliphatic carbocycles. The van der Waals surface area contributed by atoms with Crippen LogP contribution in [0.1, 0.15) is 6.42 Å². The van der Waals surface area contributed by atoms with Crippen LogP contribution in [-0.2, 0) is 9.53 Å². The molecule has 0 bridgehead atoms. The predicted molar refractivity (Wildman–Crippen MR) is 62.2 cm³/mol. The zero-order valence-corrected chi connectivity index (χ0v) is 9.71. The Morgan fingerprint density at radius 2 is 2.33 bits per heavy atom. The van der Waals surface area contributed by atoms with Gasteiger partial charge in [-0.25, -0.2) is 8.78 Å². The van der Waals surface area contributed by atoms with E-state index in [1.807, 2.05) is 0 Å².